The molecule has 90 valence electrons. The van der Waals surface area contributed by atoms with Gasteiger partial charge in [0.2, 0.25) is 0 Å². The Hall–Kier alpha value is -0.930. The molecule has 0 aromatic carbocycles. The zero-order valence-electron chi connectivity index (χ0n) is 10.3. The maximum atomic E-state index is 9.13. The largest absolute Gasteiger partial charge is 0.396 e. The molecule has 0 bridgehead atoms. The van der Waals surface area contributed by atoms with Crippen LogP contribution in [0.2, 0.25) is 0 Å². The molecule has 0 aliphatic rings. The fraction of sp³-hybridized carbons (Fsp3) is 0.615. The van der Waals surface area contributed by atoms with Crippen LogP contribution in [0.15, 0.2) is 24.5 Å². The number of pyridine rings is 1. The first-order chi connectivity index (χ1) is 7.76. The van der Waals surface area contributed by atoms with E-state index in [2.05, 4.69) is 36.0 Å². The second-order valence-electron chi connectivity index (χ2n) is 4.32. The van der Waals surface area contributed by atoms with E-state index >= 15 is 0 Å². The van der Waals surface area contributed by atoms with Crippen molar-refractivity contribution in [3.8, 4) is 0 Å². The van der Waals surface area contributed by atoms with Gasteiger partial charge in [-0.3, -0.25) is 4.98 Å². The molecule has 0 aliphatic heterocycles. The van der Waals surface area contributed by atoms with Gasteiger partial charge in [-0.25, -0.2) is 0 Å². The van der Waals surface area contributed by atoms with Gasteiger partial charge in [0.1, 0.15) is 0 Å². The number of aromatic nitrogens is 1. The smallest absolute Gasteiger partial charge is 0.0471 e. The summed E-state index contributed by atoms with van der Waals surface area (Å²) < 4.78 is 0. The van der Waals surface area contributed by atoms with Crippen LogP contribution in [-0.4, -0.2) is 41.7 Å². The SMILES string of the molecule is CCC(CO)CN(C)CCc1ccncc1. The Bertz CT molecular complexity index is 273. The molecule has 1 atom stereocenters. The van der Waals surface area contributed by atoms with Gasteiger partial charge in [0.05, 0.1) is 0 Å². The van der Waals surface area contributed by atoms with Crippen molar-refractivity contribution < 1.29 is 5.11 Å². The van der Waals surface area contributed by atoms with Gasteiger partial charge in [0, 0.05) is 32.1 Å². The topological polar surface area (TPSA) is 36.4 Å². The van der Waals surface area contributed by atoms with Crippen molar-refractivity contribution in [1.82, 2.24) is 9.88 Å². The Kier molecular flexibility index (Phi) is 6.04. The Morgan fingerprint density at radius 2 is 2.06 bits per heavy atom. The summed E-state index contributed by atoms with van der Waals surface area (Å²) in [7, 11) is 2.11. The molecule has 3 nitrogen and oxygen atoms in total. The first kappa shape index (κ1) is 13.1. The molecule has 1 aromatic rings. The molecular weight excluding hydrogens is 200 g/mol. The number of hydrogen-bond donors (Lipinski definition) is 1. The third-order valence-electron chi connectivity index (χ3n) is 2.94. The predicted octanol–water partition coefficient (Wildman–Crippen LogP) is 1.57. The minimum Gasteiger partial charge on any atom is -0.396 e. The lowest BCUT2D eigenvalue weighted by Crippen LogP contribution is -2.29. The average molecular weight is 222 g/mol. The molecule has 0 fully saturated rings. The van der Waals surface area contributed by atoms with E-state index in [1.165, 1.54) is 5.56 Å². The normalized spacial score (nSPS) is 13.0. The molecule has 1 aromatic heterocycles. The average Bonchev–Trinajstić information content (AvgIpc) is 2.34. The Morgan fingerprint density at radius 3 is 2.62 bits per heavy atom. The van der Waals surface area contributed by atoms with Gasteiger partial charge in [-0.2, -0.15) is 0 Å². The van der Waals surface area contributed by atoms with Crippen molar-refractivity contribution in [2.24, 2.45) is 5.92 Å². The maximum Gasteiger partial charge on any atom is 0.0471 e. The van der Waals surface area contributed by atoms with Crippen LogP contribution >= 0.6 is 0 Å². The van der Waals surface area contributed by atoms with E-state index in [1.807, 2.05) is 12.4 Å². The third kappa shape index (κ3) is 4.73. The molecule has 3 heteroatoms. The number of aliphatic hydroxyl groups excluding tert-OH is 1. The van der Waals surface area contributed by atoms with E-state index in [0.29, 0.717) is 5.92 Å². The highest BCUT2D eigenvalue weighted by Crippen LogP contribution is 2.05. The molecule has 0 radical (unpaired) electrons. The van der Waals surface area contributed by atoms with Crippen molar-refractivity contribution in [2.45, 2.75) is 19.8 Å². The van der Waals surface area contributed by atoms with Gasteiger partial charge in [-0.1, -0.05) is 6.92 Å². The van der Waals surface area contributed by atoms with E-state index in [0.717, 1.165) is 25.9 Å². The van der Waals surface area contributed by atoms with Gasteiger partial charge in [-0.05, 0) is 43.5 Å². The van der Waals surface area contributed by atoms with Crippen molar-refractivity contribution in [3.05, 3.63) is 30.1 Å². The predicted molar refractivity (Wildman–Crippen MR) is 66.3 cm³/mol. The van der Waals surface area contributed by atoms with Crippen LogP contribution in [0.1, 0.15) is 18.9 Å². The number of hydrogen-bond acceptors (Lipinski definition) is 3. The molecule has 1 heterocycles. The molecule has 16 heavy (non-hydrogen) atoms. The van der Waals surface area contributed by atoms with Crippen LogP contribution in [0.25, 0.3) is 0 Å². The van der Waals surface area contributed by atoms with Crippen LogP contribution in [0.3, 0.4) is 0 Å². The second kappa shape index (κ2) is 7.36. The standard InChI is InChI=1S/C13H22N2O/c1-3-12(11-16)10-15(2)9-6-13-4-7-14-8-5-13/h4-5,7-8,12,16H,3,6,9-11H2,1-2H3. The van der Waals surface area contributed by atoms with Crippen LogP contribution < -0.4 is 0 Å². The zero-order chi connectivity index (χ0) is 11.8. The summed E-state index contributed by atoms with van der Waals surface area (Å²) in [4.78, 5) is 6.28. The Labute approximate surface area is 98.1 Å². The van der Waals surface area contributed by atoms with E-state index in [-0.39, 0.29) is 6.61 Å². The summed E-state index contributed by atoms with van der Waals surface area (Å²) in [5.41, 5.74) is 1.32. The van der Waals surface area contributed by atoms with Crippen molar-refractivity contribution in [2.75, 3.05) is 26.7 Å². The molecule has 0 spiro atoms. The lowest BCUT2D eigenvalue weighted by atomic mass is 10.1. The third-order valence-corrected chi connectivity index (χ3v) is 2.94. The molecule has 0 saturated carbocycles. The van der Waals surface area contributed by atoms with Crippen LogP contribution in [-0.2, 0) is 6.42 Å². The summed E-state index contributed by atoms with van der Waals surface area (Å²) in [5.74, 6) is 0.405. The summed E-state index contributed by atoms with van der Waals surface area (Å²) in [5, 5.41) is 9.13. The Morgan fingerprint density at radius 1 is 1.38 bits per heavy atom. The van der Waals surface area contributed by atoms with Gasteiger partial charge in [0.15, 0.2) is 0 Å². The summed E-state index contributed by atoms with van der Waals surface area (Å²) >= 11 is 0. The summed E-state index contributed by atoms with van der Waals surface area (Å²) in [6.07, 6.45) is 5.74. The quantitative estimate of drug-likeness (QED) is 0.761. The lowest BCUT2D eigenvalue weighted by molar-refractivity contribution is 0.177. The van der Waals surface area contributed by atoms with Gasteiger partial charge in [-0.15, -0.1) is 0 Å². The van der Waals surface area contributed by atoms with E-state index in [9.17, 15) is 0 Å². The Balaban J connectivity index is 2.27. The first-order valence-electron chi connectivity index (χ1n) is 5.94. The van der Waals surface area contributed by atoms with Crippen molar-refractivity contribution in [3.63, 3.8) is 0 Å². The molecular formula is C13H22N2O. The molecule has 0 amide bonds. The van der Waals surface area contributed by atoms with Crippen LogP contribution in [0, 0.1) is 5.92 Å². The summed E-state index contributed by atoms with van der Waals surface area (Å²) in [6, 6.07) is 4.11. The number of likely N-dealkylation sites (N-methyl/N-ethyl adjacent to an activating group) is 1. The molecule has 1 unspecified atom stereocenters. The fourth-order valence-electron chi connectivity index (χ4n) is 1.72. The van der Waals surface area contributed by atoms with Gasteiger partial charge in [0.25, 0.3) is 0 Å². The summed E-state index contributed by atoms with van der Waals surface area (Å²) in [6.45, 7) is 4.41. The van der Waals surface area contributed by atoms with Crippen molar-refractivity contribution >= 4 is 0 Å². The molecule has 1 rings (SSSR count). The highest BCUT2D eigenvalue weighted by molar-refractivity contribution is 5.09. The minimum atomic E-state index is 0.288. The van der Waals surface area contributed by atoms with E-state index in [1.54, 1.807) is 0 Å². The second-order valence-corrected chi connectivity index (χ2v) is 4.32. The molecule has 1 N–H and O–H groups in total. The zero-order valence-corrected chi connectivity index (χ0v) is 10.3. The highest BCUT2D eigenvalue weighted by Gasteiger charge is 2.08. The number of rotatable bonds is 7. The van der Waals surface area contributed by atoms with E-state index < -0.39 is 0 Å². The minimum absolute atomic E-state index is 0.288. The first-order valence-corrected chi connectivity index (χ1v) is 5.94. The monoisotopic (exact) mass is 222 g/mol. The van der Waals surface area contributed by atoms with Crippen LogP contribution in [0.4, 0.5) is 0 Å². The van der Waals surface area contributed by atoms with Crippen molar-refractivity contribution in [1.29, 1.82) is 0 Å². The van der Waals surface area contributed by atoms with E-state index in [4.69, 9.17) is 5.11 Å². The fourth-order valence-corrected chi connectivity index (χ4v) is 1.72. The maximum absolute atomic E-state index is 9.13. The van der Waals surface area contributed by atoms with Gasteiger partial charge >= 0.3 is 0 Å². The number of nitrogens with zero attached hydrogens (tertiary/aromatic N) is 2. The molecule has 0 aliphatic carbocycles. The molecule has 0 saturated heterocycles. The van der Waals surface area contributed by atoms with Crippen LogP contribution in [0.5, 0.6) is 0 Å². The number of aliphatic hydroxyl groups is 1. The lowest BCUT2D eigenvalue weighted by Gasteiger charge is -2.21. The highest BCUT2D eigenvalue weighted by atomic mass is 16.3. The van der Waals surface area contributed by atoms with Gasteiger partial charge < -0.3 is 10.0 Å².